The number of amides is 1. The van der Waals surface area contributed by atoms with Gasteiger partial charge in [0.2, 0.25) is 0 Å². The summed E-state index contributed by atoms with van der Waals surface area (Å²) in [7, 11) is 0. The highest BCUT2D eigenvalue weighted by Gasteiger charge is 2.23. The van der Waals surface area contributed by atoms with Crippen molar-refractivity contribution in [2.45, 2.75) is 25.4 Å². The van der Waals surface area contributed by atoms with Crippen LogP contribution in [0.5, 0.6) is 0 Å². The van der Waals surface area contributed by atoms with Gasteiger partial charge in [-0.05, 0) is 42.7 Å². The summed E-state index contributed by atoms with van der Waals surface area (Å²) in [4.78, 5) is 12.8. The zero-order valence-corrected chi connectivity index (χ0v) is 11.5. The third-order valence-electron chi connectivity index (χ3n) is 3.43. The zero-order valence-electron chi connectivity index (χ0n) is 9.89. The van der Waals surface area contributed by atoms with Crippen LogP contribution < -0.4 is 5.32 Å². The van der Waals surface area contributed by atoms with Crippen molar-refractivity contribution in [3.05, 3.63) is 22.4 Å². The van der Waals surface area contributed by atoms with Gasteiger partial charge in [0, 0.05) is 15.9 Å². The molecule has 2 atom stereocenters. The van der Waals surface area contributed by atoms with Crippen LogP contribution in [0.25, 0.3) is 9.40 Å². The fourth-order valence-corrected chi connectivity index (χ4v) is 4.46. The van der Waals surface area contributed by atoms with E-state index >= 15 is 0 Å². The minimum Gasteiger partial charge on any atom is -0.393 e. The molecule has 0 bridgehead atoms. The first-order valence-corrected chi connectivity index (χ1v) is 7.85. The summed E-state index contributed by atoms with van der Waals surface area (Å²) in [6.07, 6.45) is 2.54. The smallest absolute Gasteiger partial charge is 0.261 e. The topological polar surface area (TPSA) is 49.3 Å². The molecule has 1 saturated carbocycles. The molecule has 1 aliphatic rings. The van der Waals surface area contributed by atoms with E-state index in [1.807, 2.05) is 11.4 Å². The highest BCUT2D eigenvalue weighted by molar-refractivity contribution is 7.27. The summed E-state index contributed by atoms with van der Waals surface area (Å²) in [5, 5.41) is 14.5. The molecular weight excluding hydrogens is 266 g/mol. The fraction of sp³-hybridized carbons (Fsp3) is 0.462. The molecule has 3 rings (SSSR count). The molecule has 0 aromatic carbocycles. The Morgan fingerprint density at radius 2 is 2.33 bits per heavy atom. The second-order valence-corrected chi connectivity index (χ2v) is 6.83. The van der Waals surface area contributed by atoms with E-state index in [0.717, 1.165) is 24.1 Å². The zero-order chi connectivity index (χ0) is 12.5. The lowest BCUT2D eigenvalue weighted by Gasteiger charge is -2.09. The molecule has 96 valence electrons. The number of hydrogen-bond donors (Lipinski definition) is 2. The Kier molecular flexibility index (Phi) is 3.37. The number of carbonyl (C=O) groups excluding carboxylic acids is 1. The van der Waals surface area contributed by atoms with E-state index in [0.29, 0.717) is 12.5 Å². The van der Waals surface area contributed by atoms with E-state index in [-0.39, 0.29) is 12.0 Å². The third kappa shape index (κ3) is 2.43. The molecule has 2 aromatic heterocycles. The monoisotopic (exact) mass is 281 g/mol. The highest BCUT2D eigenvalue weighted by Crippen LogP contribution is 2.30. The molecule has 1 aliphatic carbocycles. The summed E-state index contributed by atoms with van der Waals surface area (Å²) < 4.78 is 2.36. The van der Waals surface area contributed by atoms with Crippen molar-refractivity contribution >= 4 is 38.0 Å². The summed E-state index contributed by atoms with van der Waals surface area (Å²) in [6.45, 7) is 0.682. The lowest BCUT2D eigenvalue weighted by Crippen LogP contribution is -2.28. The average Bonchev–Trinajstić information content (AvgIpc) is 3.00. The van der Waals surface area contributed by atoms with Crippen molar-refractivity contribution in [1.29, 1.82) is 0 Å². The molecule has 18 heavy (non-hydrogen) atoms. The summed E-state index contributed by atoms with van der Waals surface area (Å²) in [5.74, 6) is 0.454. The van der Waals surface area contributed by atoms with Crippen LogP contribution in [0.2, 0.25) is 0 Å². The molecule has 0 aliphatic heterocycles. The van der Waals surface area contributed by atoms with Crippen LogP contribution in [0.3, 0.4) is 0 Å². The van der Waals surface area contributed by atoms with Crippen LogP contribution in [0.15, 0.2) is 17.5 Å². The number of nitrogens with one attached hydrogen (secondary N) is 1. The third-order valence-corrected chi connectivity index (χ3v) is 5.52. The largest absolute Gasteiger partial charge is 0.393 e. The van der Waals surface area contributed by atoms with Gasteiger partial charge in [0.1, 0.15) is 0 Å². The second-order valence-electron chi connectivity index (χ2n) is 4.80. The maximum atomic E-state index is 12.0. The minimum atomic E-state index is -0.168. The molecule has 0 radical (unpaired) electrons. The van der Waals surface area contributed by atoms with Crippen LogP contribution in [0.4, 0.5) is 0 Å². The number of hydrogen-bond acceptors (Lipinski definition) is 4. The Hall–Kier alpha value is -0.910. The fourth-order valence-electron chi connectivity index (χ4n) is 2.44. The summed E-state index contributed by atoms with van der Waals surface area (Å²) >= 11 is 3.21. The minimum absolute atomic E-state index is 0.0183. The van der Waals surface area contributed by atoms with Gasteiger partial charge in [0.25, 0.3) is 5.91 Å². The normalized spacial score (nSPS) is 23.6. The van der Waals surface area contributed by atoms with E-state index in [2.05, 4.69) is 11.4 Å². The number of carbonyl (C=O) groups is 1. The Labute approximate surface area is 113 Å². The van der Waals surface area contributed by atoms with E-state index < -0.39 is 0 Å². The average molecular weight is 281 g/mol. The van der Waals surface area contributed by atoms with Gasteiger partial charge in [-0.2, -0.15) is 0 Å². The van der Waals surface area contributed by atoms with Gasteiger partial charge < -0.3 is 10.4 Å². The summed E-state index contributed by atoms with van der Waals surface area (Å²) in [5.41, 5.74) is 0. The van der Waals surface area contributed by atoms with Crippen molar-refractivity contribution in [2.24, 2.45) is 5.92 Å². The molecule has 1 fully saturated rings. The maximum absolute atomic E-state index is 12.0. The van der Waals surface area contributed by atoms with Crippen LogP contribution in [-0.4, -0.2) is 23.7 Å². The maximum Gasteiger partial charge on any atom is 0.261 e. The van der Waals surface area contributed by atoms with Crippen LogP contribution in [0.1, 0.15) is 28.9 Å². The standard InChI is InChI=1S/C13H15NO2S2/c15-9-2-1-8(5-9)7-14-13(16)12-6-11-10(18-12)3-4-17-11/h3-4,6,8-9,15H,1-2,5,7H2,(H,14,16). The highest BCUT2D eigenvalue weighted by atomic mass is 32.1. The Morgan fingerprint density at radius 1 is 1.44 bits per heavy atom. The lowest BCUT2D eigenvalue weighted by molar-refractivity contribution is 0.0949. The van der Waals surface area contributed by atoms with Crippen molar-refractivity contribution < 1.29 is 9.90 Å². The SMILES string of the molecule is O=C(NCC1CCC(O)C1)c1cc2sccc2s1. The van der Waals surface area contributed by atoms with Crippen molar-refractivity contribution in [3.8, 4) is 0 Å². The van der Waals surface area contributed by atoms with Crippen molar-refractivity contribution in [1.82, 2.24) is 5.32 Å². The number of fused-ring (bicyclic) bond motifs is 1. The van der Waals surface area contributed by atoms with Gasteiger partial charge >= 0.3 is 0 Å². The van der Waals surface area contributed by atoms with Crippen molar-refractivity contribution in [3.63, 3.8) is 0 Å². The Balaban J connectivity index is 1.59. The van der Waals surface area contributed by atoms with Gasteiger partial charge in [-0.1, -0.05) is 0 Å². The van der Waals surface area contributed by atoms with Crippen LogP contribution >= 0.6 is 22.7 Å². The van der Waals surface area contributed by atoms with E-state index in [1.165, 1.54) is 9.40 Å². The molecular formula is C13H15NO2S2. The number of rotatable bonds is 3. The quantitative estimate of drug-likeness (QED) is 0.909. The van der Waals surface area contributed by atoms with E-state index in [4.69, 9.17) is 0 Å². The van der Waals surface area contributed by atoms with Gasteiger partial charge in [-0.15, -0.1) is 22.7 Å². The predicted octanol–water partition coefficient (Wildman–Crippen LogP) is 2.85. The predicted molar refractivity (Wildman–Crippen MR) is 75.4 cm³/mol. The van der Waals surface area contributed by atoms with E-state index in [9.17, 15) is 9.90 Å². The molecule has 3 nitrogen and oxygen atoms in total. The summed E-state index contributed by atoms with van der Waals surface area (Å²) in [6, 6.07) is 4.01. The first kappa shape index (κ1) is 12.1. The second kappa shape index (κ2) is 4.99. The van der Waals surface area contributed by atoms with Gasteiger partial charge in [0.15, 0.2) is 0 Å². The van der Waals surface area contributed by atoms with E-state index in [1.54, 1.807) is 22.7 Å². The molecule has 2 unspecified atom stereocenters. The number of aliphatic hydroxyl groups is 1. The molecule has 5 heteroatoms. The number of thiophene rings is 2. The van der Waals surface area contributed by atoms with Crippen LogP contribution in [0, 0.1) is 5.92 Å². The van der Waals surface area contributed by atoms with Gasteiger partial charge in [0.05, 0.1) is 11.0 Å². The Bertz CT molecular complexity index is 532. The first-order chi connectivity index (χ1) is 8.72. The van der Waals surface area contributed by atoms with Gasteiger partial charge in [-0.3, -0.25) is 4.79 Å². The molecule has 1 amide bonds. The number of aliphatic hydroxyl groups excluding tert-OH is 1. The molecule has 0 saturated heterocycles. The van der Waals surface area contributed by atoms with Crippen LogP contribution in [-0.2, 0) is 0 Å². The molecule has 2 heterocycles. The first-order valence-electron chi connectivity index (χ1n) is 6.15. The molecule has 2 aromatic rings. The Morgan fingerprint density at radius 3 is 3.06 bits per heavy atom. The van der Waals surface area contributed by atoms with Crippen molar-refractivity contribution in [2.75, 3.05) is 6.54 Å². The molecule has 0 spiro atoms. The molecule has 2 N–H and O–H groups in total. The lowest BCUT2D eigenvalue weighted by atomic mass is 10.1. The van der Waals surface area contributed by atoms with Gasteiger partial charge in [-0.25, -0.2) is 0 Å².